The van der Waals surface area contributed by atoms with Crippen LogP contribution in [0.1, 0.15) is 5.69 Å². The molecule has 2 aromatic heterocycles. The minimum atomic E-state index is 0.415. The number of nitriles is 1. The number of hydrogen-bond acceptors (Lipinski definition) is 5. The van der Waals surface area contributed by atoms with E-state index >= 15 is 0 Å². The second kappa shape index (κ2) is 4.53. The highest BCUT2D eigenvalue weighted by Crippen LogP contribution is 2.23. The molecule has 0 bridgehead atoms. The van der Waals surface area contributed by atoms with Crippen molar-refractivity contribution in [2.24, 2.45) is 0 Å². The van der Waals surface area contributed by atoms with E-state index in [1.807, 2.05) is 12.1 Å². The fraction of sp³-hybridized carbons (Fsp3) is 0. The summed E-state index contributed by atoms with van der Waals surface area (Å²) < 4.78 is 0. The molecule has 0 amide bonds. The Labute approximate surface area is 91.0 Å². The van der Waals surface area contributed by atoms with Crippen molar-refractivity contribution in [3.63, 3.8) is 0 Å². The lowest BCUT2D eigenvalue weighted by Crippen LogP contribution is -1.83. The van der Waals surface area contributed by atoms with Crippen LogP contribution in [0.4, 0.5) is 0 Å². The minimum absolute atomic E-state index is 0.415. The average molecular weight is 214 g/mol. The standard InChI is InChI=1S/C10H6N4S/c11-5-8-1-2-9(6-14-8)15-10-7-12-3-4-13-10/h1-4,6-7H. The molecule has 0 aliphatic rings. The SMILES string of the molecule is N#Cc1ccc(Sc2cnccn2)cn1. The molecular formula is C10H6N4S. The molecule has 0 unspecified atom stereocenters. The number of aromatic nitrogens is 3. The van der Waals surface area contributed by atoms with Gasteiger partial charge in [0.2, 0.25) is 0 Å². The first kappa shape index (κ1) is 9.62. The lowest BCUT2D eigenvalue weighted by Gasteiger charge is -1.98. The van der Waals surface area contributed by atoms with E-state index in [0.717, 1.165) is 9.92 Å². The van der Waals surface area contributed by atoms with Crippen LogP contribution in [-0.2, 0) is 0 Å². The van der Waals surface area contributed by atoms with E-state index < -0.39 is 0 Å². The second-order valence-corrected chi connectivity index (χ2v) is 3.73. The summed E-state index contributed by atoms with van der Waals surface area (Å²) in [5.41, 5.74) is 0.415. The molecule has 2 rings (SSSR count). The molecule has 0 saturated heterocycles. The molecule has 0 aliphatic carbocycles. The molecule has 2 aromatic rings. The fourth-order valence-corrected chi connectivity index (χ4v) is 1.68. The molecule has 5 heteroatoms. The maximum absolute atomic E-state index is 8.58. The predicted molar refractivity (Wildman–Crippen MR) is 55.1 cm³/mol. The summed E-state index contributed by atoms with van der Waals surface area (Å²) in [7, 11) is 0. The van der Waals surface area contributed by atoms with Gasteiger partial charge in [0.15, 0.2) is 0 Å². The highest BCUT2D eigenvalue weighted by atomic mass is 32.2. The Balaban J connectivity index is 2.16. The van der Waals surface area contributed by atoms with Gasteiger partial charge in [0.05, 0.1) is 6.20 Å². The largest absolute Gasteiger partial charge is 0.260 e. The van der Waals surface area contributed by atoms with Crippen LogP contribution in [0.15, 0.2) is 46.8 Å². The lowest BCUT2D eigenvalue weighted by atomic mass is 10.4. The minimum Gasteiger partial charge on any atom is -0.260 e. The van der Waals surface area contributed by atoms with Crippen molar-refractivity contribution >= 4 is 11.8 Å². The first-order valence-corrected chi connectivity index (χ1v) is 5.00. The highest BCUT2D eigenvalue weighted by Gasteiger charge is 1.99. The van der Waals surface area contributed by atoms with Crippen molar-refractivity contribution in [2.75, 3.05) is 0 Å². The van der Waals surface area contributed by atoms with E-state index in [0.29, 0.717) is 5.69 Å². The van der Waals surface area contributed by atoms with Gasteiger partial charge in [-0.1, -0.05) is 11.8 Å². The second-order valence-electron chi connectivity index (χ2n) is 2.64. The first-order chi connectivity index (χ1) is 7.38. The fourth-order valence-electron chi connectivity index (χ4n) is 0.966. The van der Waals surface area contributed by atoms with E-state index in [1.165, 1.54) is 11.8 Å². The van der Waals surface area contributed by atoms with Gasteiger partial charge in [-0.25, -0.2) is 9.97 Å². The van der Waals surface area contributed by atoms with Gasteiger partial charge in [-0.15, -0.1) is 0 Å². The number of hydrogen-bond donors (Lipinski definition) is 0. The third-order valence-corrected chi connectivity index (χ3v) is 2.51. The predicted octanol–water partition coefficient (Wildman–Crippen LogP) is 1.89. The molecule has 72 valence electrons. The summed E-state index contributed by atoms with van der Waals surface area (Å²) in [6, 6.07) is 5.49. The summed E-state index contributed by atoms with van der Waals surface area (Å²) in [5, 5.41) is 9.39. The molecule has 0 radical (unpaired) electrons. The number of pyridine rings is 1. The quantitative estimate of drug-likeness (QED) is 0.764. The van der Waals surface area contributed by atoms with Crippen molar-refractivity contribution in [1.82, 2.24) is 15.0 Å². The number of rotatable bonds is 2. The number of nitrogens with zero attached hydrogens (tertiary/aromatic N) is 4. The van der Waals surface area contributed by atoms with Crippen molar-refractivity contribution in [3.05, 3.63) is 42.6 Å². The molecule has 0 saturated carbocycles. The van der Waals surface area contributed by atoms with Crippen LogP contribution < -0.4 is 0 Å². The van der Waals surface area contributed by atoms with Gasteiger partial charge in [-0.2, -0.15) is 5.26 Å². The zero-order chi connectivity index (χ0) is 10.5. The van der Waals surface area contributed by atoms with Gasteiger partial charge in [-0.05, 0) is 12.1 Å². The Bertz CT molecular complexity index is 475. The summed E-state index contributed by atoms with van der Waals surface area (Å²) in [6.07, 6.45) is 6.60. The average Bonchev–Trinajstić information content (AvgIpc) is 2.31. The molecule has 0 aliphatic heterocycles. The Hall–Kier alpha value is -1.93. The summed E-state index contributed by atoms with van der Waals surface area (Å²) in [6.45, 7) is 0. The van der Waals surface area contributed by atoms with Gasteiger partial charge < -0.3 is 0 Å². The van der Waals surface area contributed by atoms with Crippen LogP contribution in [0.25, 0.3) is 0 Å². The summed E-state index contributed by atoms with van der Waals surface area (Å²) >= 11 is 1.46. The monoisotopic (exact) mass is 214 g/mol. The van der Waals surface area contributed by atoms with Crippen LogP contribution in [-0.4, -0.2) is 15.0 Å². The van der Waals surface area contributed by atoms with E-state index in [2.05, 4.69) is 15.0 Å². The summed E-state index contributed by atoms with van der Waals surface area (Å²) in [4.78, 5) is 13.0. The Morgan fingerprint density at radius 3 is 2.67 bits per heavy atom. The van der Waals surface area contributed by atoms with E-state index in [9.17, 15) is 0 Å². The molecule has 15 heavy (non-hydrogen) atoms. The summed E-state index contributed by atoms with van der Waals surface area (Å²) in [5.74, 6) is 0. The highest BCUT2D eigenvalue weighted by molar-refractivity contribution is 7.99. The molecule has 0 spiro atoms. The Morgan fingerprint density at radius 1 is 1.13 bits per heavy atom. The maximum Gasteiger partial charge on any atom is 0.140 e. The van der Waals surface area contributed by atoms with E-state index in [-0.39, 0.29) is 0 Å². The molecule has 0 N–H and O–H groups in total. The van der Waals surface area contributed by atoms with E-state index in [1.54, 1.807) is 30.9 Å². The third-order valence-electron chi connectivity index (χ3n) is 1.61. The topological polar surface area (TPSA) is 62.5 Å². The third kappa shape index (κ3) is 2.51. The maximum atomic E-state index is 8.58. The van der Waals surface area contributed by atoms with Gasteiger partial charge in [-0.3, -0.25) is 4.98 Å². The Kier molecular flexibility index (Phi) is 2.90. The molecule has 0 aromatic carbocycles. The van der Waals surface area contributed by atoms with Crippen molar-refractivity contribution in [3.8, 4) is 6.07 Å². The van der Waals surface area contributed by atoms with Crippen LogP contribution >= 0.6 is 11.8 Å². The first-order valence-electron chi connectivity index (χ1n) is 4.18. The van der Waals surface area contributed by atoms with Crippen molar-refractivity contribution in [1.29, 1.82) is 5.26 Å². The van der Waals surface area contributed by atoms with Gasteiger partial charge in [0, 0.05) is 23.5 Å². The molecular weight excluding hydrogens is 208 g/mol. The van der Waals surface area contributed by atoms with Gasteiger partial charge in [0.25, 0.3) is 0 Å². The Morgan fingerprint density at radius 2 is 2.07 bits per heavy atom. The normalized spacial score (nSPS) is 9.53. The van der Waals surface area contributed by atoms with Crippen molar-refractivity contribution < 1.29 is 0 Å². The molecule has 2 heterocycles. The zero-order valence-electron chi connectivity index (χ0n) is 7.66. The van der Waals surface area contributed by atoms with Gasteiger partial charge >= 0.3 is 0 Å². The van der Waals surface area contributed by atoms with E-state index in [4.69, 9.17) is 5.26 Å². The van der Waals surface area contributed by atoms with Crippen LogP contribution in [0, 0.1) is 11.3 Å². The lowest BCUT2D eigenvalue weighted by molar-refractivity contribution is 1.05. The van der Waals surface area contributed by atoms with Crippen LogP contribution in [0.2, 0.25) is 0 Å². The zero-order valence-corrected chi connectivity index (χ0v) is 8.48. The smallest absolute Gasteiger partial charge is 0.140 e. The van der Waals surface area contributed by atoms with Crippen LogP contribution in [0.5, 0.6) is 0 Å². The van der Waals surface area contributed by atoms with Crippen LogP contribution in [0.3, 0.4) is 0 Å². The molecule has 0 atom stereocenters. The molecule has 0 fully saturated rings. The van der Waals surface area contributed by atoms with Gasteiger partial charge in [0.1, 0.15) is 16.8 Å². The van der Waals surface area contributed by atoms with Crippen molar-refractivity contribution in [2.45, 2.75) is 9.92 Å². The molecule has 4 nitrogen and oxygen atoms in total.